The molecule has 1 aromatic carbocycles. The lowest BCUT2D eigenvalue weighted by atomic mass is 10.1. The number of benzene rings is 1. The van der Waals surface area contributed by atoms with Gasteiger partial charge in [0.25, 0.3) is 0 Å². The molecule has 0 fully saturated rings. The summed E-state index contributed by atoms with van der Waals surface area (Å²) in [6.07, 6.45) is 1.52. The summed E-state index contributed by atoms with van der Waals surface area (Å²) in [5.74, 6) is -0.792. The van der Waals surface area contributed by atoms with Gasteiger partial charge in [0.1, 0.15) is 5.69 Å². The maximum atomic E-state index is 13.5. The SMILES string of the molecule is COc1ccc(C(=O)c2ccc(Br)cn2)cc1F. The highest BCUT2D eigenvalue weighted by Gasteiger charge is 2.13. The van der Waals surface area contributed by atoms with Gasteiger partial charge in [-0.2, -0.15) is 0 Å². The number of aromatic nitrogens is 1. The lowest BCUT2D eigenvalue weighted by molar-refractivity contribution is 0.103. The van der Waals surface area contributed by atoms with Gasteiger partial charge in [-0.1, -0.05) is 0 Å². The van der Waals surface area contributed by atoms with Gasteiger partial charge in [-0.25, -0.2) is 4.39 Å². The van der Waals surface area contributed by atoms with Crippen molar-refractivity contribution in [1.29, 1.82) is 0 Å². The van der Waals surface area contributed by atoms with E-state index < -0.39 is 5.82 Å². The van der Waals surface area contributed by atoms with E-state index >= 15 is 0 Å². The number of carbonyl (C=O) groups excluding carboxylic acids is 1. The number of pyridine rings is 1. The number of ketones is 1. The maximum absolute atomic E-state index is 13.5. The van der Waals surface area contributed by atoms with Gasteiger partial charge in [0.05, 0.1) is 7.11 Å². The Bertz CT molecular complexity index is 584. The van der Waals surface area contributed by atoms with Gasteiger partial charge in [-0.3, -0.25) is 9.78 Å². The third-order valence-corrected chi connectivity index (χ3v) is 2.84. The average Bonchev–Trinajstić information content (AvgIpc) is 2.38. The van der Waals surface area contributed by atoms with Crippen LogP contribution in [0.4, 0.5) is 4.39 Å². The molecule has 0 atom stereocenters. The van der Waals surface area contributed by atoms with Crippen molar-refractivity contribution in [2.45, 2.75) is 0 Å². The molecular weight excluding hydrogens is 301 g/mol. The molecule has 0 unspecified atom stereocenters. The standard InChI is InChI=1S/C13H9BrFNO2/c1-18-12-5-2-8(6-10(12)15)13(17)11-4-3-9(14)7-16-11/h2-7H,1H3. The Balaban J connectivity index is 2.34. The van der Waals surface area contributed by atoms with Gasteiger partial charge in [-0.05, 0) is 46.3 Å². The highest BCUT2D eigenvalue weighted by molar-refractivity contribution is 9.10. The van der Waals surface area contributed by atoms with Crippen LogP contribution in [0.1, 0.15) is 16.1 Å². The zero-order valence-electron chi connectivity index (χ0n) is 9.48. The molecule has 0 aliphatic carbocycles. The zero-order valence-corrected chi connectivity index (χ0v) is 11.1. The Kier molecular flexibility index (Phi) is 3.72. The summed E-state index contributed by atoms with van der Waals surface area (Å²) in [7, 11) is 1.37. The number of nitrogens with zero attached hydrogens (tertiary/aromatic N) is 1. The average molecular weight is 310 g/mol. The van der Waals surface area contributed by atoms with E-state index in [1.165, 1.54) is 25.4 Å². The van der Waals surface area contributed by atoms with Gasteiger partial charge >= 0.3 is 0 Å². The van der Waals surface area contributed by atoms with Crippen molar-refractivity contribution < 1.29 is 13.9 Å². The third kappa shape index (κ3) is 2.56. The van der Waals surface area contributed by atoms with Crippen LogP contribution < -0.4 is 4.74 Å². The molecule has 0 N–H and O–H groups in total. The molecule has 0 spiro atoms. The van der Waals surface area contributed by atoms with Crippen molar-refractivity contribution in [3.63, 3.8) is 0 Å². The van der Waals surface area contributed by atoms with Crippen LogP contribution in [0.5, 0.6) is 5.75 Å². The topological polar surface area (TPSA) is 39.2 Å². The van der Waals surface area contributed by atoms with Crippen LogP contribution in [-0.2, 0) is 0 Å². The minimum atomic E-state index is -0.569. The van der Waals surface area contributed by atoms with Crippen molar-refractivity contribution in [1.82, 2.24) is 4.98 Å². The number of halogens is 2. The summed E-state index contributed by atoms with van der Waals surface area (Å²) in [5, 5.41) is 0. The number of ether oxygens (including phenoxy) is 1. The van der Waals surface area contributed by atoms with E-state index in [1.807, 2.05) is 0 Å². The highest BCUT2D eigenvalue weighted by atomic mass is 79.9. The van der Waals surface area contributed by atoms with Crippen LogP contribution in [0.2, 0.25) is 0 Å². The van der Waals surface area contributed by atoms with Crippen LogP contribution in [0.15, 0.2) is 41.0 Å². The first-order valence-electron chi connectivity index (χ1n) is 5.11. The molecule has 0 saturated heterocycles. The molecule has 0 aliphatic heterocycles. The second-order valence-electron chi connectivity index (χ2n) is 3.54. The first-order valence-corrected chi connectivity index (χ1v) is 5.91. The summed E-state index contributed by atoms with van der Waals surface area (Å²) >= 11 is 3.23. The Morgan fingerprint density at radius 3 is 2.67 bits per heavy atom. The first-order chi connectivity index (χ1) is 8.61. The van der Waals surface area contributed by atoms with Gasteiger partial charge in [0.15, 0.2) is 11.6 Å². The molecule has 2 rings (SSSR count). The number of carbonyl (C=O) groups is 1. The van der Waals surface area contributed by atoms with Gasteiger partial charge < -0.3 is 4.74 Å². The summed E-state index contributed by atoms with van der Waals surface area (Å²) < 4.78 is 19.1. The quantitative estimate of drug-likeness (QED) is 0.817. The zero-order chi connectivity index (χ0) is 13.1. The lowest BCUT2D eigenvalue weighted by Gasteiger charge is -2.04. The largest absolute Gasteiger partial charge is 0.494 e. The molecule has 0 bridgehead atoms. The van der Waals surface area contributed by atoms with Crippen molar-refractivity contribution in [2.24, 2.45) is 0 Å². The molecular formula is C13H9BrFNO2. The number of hydrogen-bond donors (Lipinski definition) is 0. The number of rotatable bonds is 3. The molecule has 0 aliphatic rings. The molecule has 1 aromatic heterocycles. The van der Waals surface area contributed by atoms with Crippen LogP contribution in [0.3, 0.4) is 0 Å². The molecule has 92 valence electrons. The van der Waals surface area contributed by atoms with Gasteiger partial charge in [0, 0.05) is 16.2 Å². The van der Waals surface area contributed by atoms with Crippen LogP contribution in [-0.4, -0.2) is 17.9 Å². The fourth-order valence-electron chi connectivity index (χ4n) is 1.47. The van der Waals surface area contributed by atoms with Crippen LogP contribution >= 0.6 is 15.9 Å². The highest BCUT2D eigenvalue weighted by Crippen LogP contribution is 2.19. The fourth-order valence-corrected chi connectivity index (χ4v) is 1.70. The Morgan fingerprint density at radius 1 is 1.33 bits per heavy atom. The van der Waals surface area contributed by atoms with E-state index in [-0.39, 0.29) is 22.8 Å². The first kappa shape index (κ1) is 12.7. The molecule has 0 amide bonds. The molecule has 0 saturated carbocycles. The smallest absolute Gasteiger partial charge is 0.211 e. The van der Waals surface area contributed by atoms with E-state index in [0.29, 0.717) is 0 Å². The Labute approximate surface area is 112 Å². The molecule has 18 heavy (non-hydrogen) atoms. The summed E-state index contributed by atoms with van der Waals surface area (Å²) in [6.45, 7) is 0. The van der Waals surface area contributed by atoms with Gasteiger partial charge in [0.2, 0.25) is 5.78 Å². The van der Waals surface area contributed by atoms with E-state index in [4.69, 9.17) is 4.74 Å². The Morgan fingerprint density at radius 2 is 2.11 bits per heavy atom. The predicted molar refractivity (Wildman–Crippen MR) is 68.3 cm³/mol. The lowest BCUT2D eigenvalue weighted by Crippen LogP contribution is -2.04. The molecule has 5 heteroatoms. The second kappa shape index (κ2) is 5.27. The summed E-state index contributed by atoms with van der Waals surface area (Å²) in [5.41, 5.74) is 0.505. The molecule has 0 radical (unpaired) electrons. The van der Waals surface area contributed by atoms with Crippen molar-refractivity contribution in [2.75, 3.05) is 7.11 Å². The van der Waals surface area contributed by atoms with E-state index in [9.17, 15) is 9.18 Å². The number of methoxy groups -OCH3 is 1. The minimum absolute atomic E-state index is 0.107. The Hall–Kier alpha value is -1.75. The number of hydrogen-bond acceptors (Lipinski definition) is 3. The summed E-state index contributed by atoms with van der Waals surface area (Å²) in [4.78, 5) is 16.0. The van der Waals surface area contributed by atoms with E-state index in [2.05, 4.69) is 20.9 Å². The molecule has 3 nitrogen and oxygen atoms in total. The molecule has 1 heterocycles. The van der Waals surface area contributed by atoms with Crippen molar-refractivity contribution >= 4 is 21.7 Å². The fraction of sp³-hybridized carbons (Fsp3) is 0.0769. The predicted octanol–water partition coefficient (Wildman–Crippen LogP) is 3.22. The second-order valence-corrected chi connectivity index (χ2v) is 4.46. The van der Waals surface area contributed by atoms with Crippen LogP contribution in [0, 0.1) is 5.82 Å². The minimum Gasteiger partial charge on any atom is -0.494 e. The summed E-state index contributed by atoms with van der Waals surface area (Å²) in [6, 6.07) is 7.36. The normalized spacial score (nSPS) is 10.2. The van der Waals surface area contributed by atoms with E-state index in [0.717, 1.165) is 10.5 Å². The monoisotopic (exact) mass is 309 g/mol. The van der Waals surface area contributed by atoms with Crippen molar-refractivity contribution in [3.05, 3.63) is 58.1 Å². The molecule has 2 aromatic rings. The third-order valence-electron chi connectivity index (χ3n) is 2.37. The van der Waals surface area contributed by atoms with Crippen LogP contribution in [0.25, 0.3) is 0 Å². The maximum Gasteiger partial charge on any atom is 0.211 e. The van der Waals surface area contributed by atoms with Gasteiger partial charge in [-0.15, -0.1) is 0 Å². The van der Waals surface area contributed by atoms with Crippen molar-refractivity contribution in [3.8, 4) is 5.75 Å². The van der Waals surface area contributed by atoms with E-state index in [1.54, 1.807) is 12.1 Å².